The Morgan fingerprint density at radius 3 is 2.32 bits per heavy atom. The lowest BCUT2D eigenvalue weighted by Crippen LogP contribution is -2.10. The van der Waals surface area contributed by atoms with Gasteiger partial charge in [0.25, 0.3) is 0 Å². The van der Waals surface area contributed by atoms with Crippen LogP contribution in [0.15, 0.2) is 48.5 Å². The summed E-state index contributed by atoms with van der Waals surface area (Å²) in [7, 11) is 1.56. The van der Waals surface area contributed by atoms with Gasteiger partial charge in [-0.2, -0.15) is 0 Å². The van der Waals surface area contributed by atoms with Crippen molar-refractivity contribution >= 4 is 16.9 Å². The SMILES string of the molecule is COc1cccc2c(C(=O)O)cc(-c3ccc(C(C)(C)C)cc3)nc12. The molecule has 0 bridgehead atoms. The summed E-state index contributed by atoms with van der Waals surface area (Å²) in [5.74, 6) is -0.415. The number of carboxylic acids is 1. The van der Waals surface area contributed by atoms with E-state index in [4.69, 9.17) is 4.74 Å². The lowest BCUT2D eigenvalue weighted by atomic mass is 9.86. The Kier molecular flexibility index (Phi) is 4.21. The number of fused-ring (bicyclic) bond motifs is 1. The zero-order chi connectivity index (χ0) is 18.2. The van der Waals surface area contributed by atoms with E-state index in [1.54, 1.807) is 31.4 Å². The number of hydrogen-bond donors (Lipinski definition) is 1. The highest BCUT2D eigenvalue weighted by Crippen LogP contribution is 2.31. The number of benzene rings is 2. The van der Waals surface area contributed by atoms with Gasteiger partial charge >= 0.3 is 5.97 Å². The van der Waals surface area contributed by atoms with Gasteiger partial charge in [0.2, 0.25) is 0 Å². The van der Waals surface area contributed by atoms with Crippen LogP contribution < -0.4 is 4.74 Å². The van der Waals surface area contributed by atoms with Gasteiger partial charge in [-0.25, -0.2) is 9.78 Å². The molecule has 25 heavy (non-hydrogen) atoms. The van der Waals surface area contributed by atoms with Crippen LogP contribution in [-0.4, -0.2) is 23.2 Å². The first-order valence-electron chi connectivity index (χ1n) is 8.13. The molecular weight excluding hydrogens is 314 g/mol. The molecular formula is C21H21NO3. The number of rotatable bonds is 3. The second-order valence-corrected chi connectivity index (χ2v) is 7.04. The Balaban J connectivity index is 2.21. The van der Waals surface area contributed by atoms with E-state index in [1.165, 1.54) is 5.56 Å². The molecule has 0 radical (unpaired) electrons. The molecule has 0 aliphatic carbocycles. The average molecular weight is 335 g/mol. The summed E-state index contributed by atoms with van der Waals surface area (Å²) in [5, 5.41) is 10.2. The first-order chi connectivity index (χ1) is 11.8. The summed E-state index contributed by atoms with van der Waals surface area (Å²) in [4.78, 5) is 16.4. The average Bonchev–Trinajstić information content (AvgIpc) is 2.59. The van der Waals surface area contributed by atoms with Crippen molar-refractivity contribution in [2.75, 3.05) is 7.11 Å². The van der Waals surface area contributed by atoms with Crippen LogP contribution in [0.1, 0.15) is 36.7 Å². The Hall–Kier alpha value is -2.88. The number of nitrogens with zero attached hydrogens (tertiary/aromatic N) is 1. The third-order valence-electron chi connectivity index (χ3n) is 4.30. The number of hydrogen-bond acceptors (Lipinski definition) is 3. The Labute approximate surface area is 147 Å². The highest BCUT2D eigenvalue weighted by Gasteiger charge is 2.17. The lowest BCUT2D eigenvalue weighted by Gasteiger charge is -2.19. The molecule has 3 aromatic rings. The molecule has 4 heteroatoms. The van der Waals surface area contributed by atoms with Crippen LogP contribution in [-0.2, 0) is 5.41 Å². The van der Waals surface area contributed by atoms with Crippen LogP contribution in [0, 0.1) is 0 Å². The molecule has 0 aliphatic rings. The molecule has 1 N–H and O–H groups in total. The van der Waals surface area contributed by atoms with Crippen LogP contribution in [0.25, 0.3) is 22.2 Å². The molecule has 1 aromatic heterocycles. The van der Waals surface area contributed by atoms with Gasteiger partial charge in [-0.05, 0) is 23.1 Å². The van der Waals surface area contributed by atoms with Crippen LogP contribution in [0.3, 0.4) is 0 Å². The van der Waals surface area contributed by atoms with Crippen molar-refractivity contribution in [1.82, 2.24) is 4.98 Å². The van der Waals surface area contributed by atoms with Gasteiger partial charge in [-0.3, -0.25) is 0 Å². The van der Waals surface area contributed by atoms with Crippen LogP contribution in [0.2, 0.25) is 0 Å². The number of carboxylic acid groups (broad SMARTS) is 1. The third-order valence-corrected chi connectivity index (χ3v) is 4.30. The van der Waals surface area contributed by atoms with Crippen LogP contribution in [0.5, 0.6) is 5.75 Å². The van der Waals surface area contributed by atoms with Crippen LogP contribution in [0.4, 0.5) is 0 Å². The summed E-state index contributed by atoms with van der Waals surface area (Å²) in [6.07, 6.45) is 0. The second-order valence-electron chi connectivity index (χ2n) is 7.04. The number of methoxy groups -OCH3 is 1. The highest BCUT2D eigenvalue weighted by molar-refractivity contribution is 6.05. The number of pyridine rings is 1. The molecule has 0 amide bonds. The maximum Gasteiger partial charge on any atom is 0.336 e. The van der Waals surface area contributed by atoms with E-state index >= 15 is 0 Å². The van der Waals surface area contributed by atoms with Crippen LogP contribution >= 0.6 is 0 Å². The van der Waals surface area contributed by atoms with Gasteiger partial charge < -0.3 is 9.84 Å². The number of aromatic nitrogens is 1. The number of para-hydroxylation sites is 1. The van der Waals surface area contributed by atoms with Gasteiger partial charge in [0, 0.05) is 10.9 Å². The standard InChI is InChI=1S/C21H21NO3/c1-21(2,3)14-10-8-13(9-11-14)17-12-16(20(23)24)15-6-5-7-18(25-4)19(15)22-17/h5-12H,1-4H3,(H,23,24). The first kappa shape index (κ1) is 17.0. The topological polar surface area (TPSA) is 59.4 Å². The molecule has 128 valence electrons. The van der Waals surface area contributed by atoms with E-state index in [1.807, 2.05) is 12.1 Å². The quantitative estimate of drug-likeness (QED) is 0.739. The third kappa shape index (κ3) is 3.20. The fourth-order valence-corrected chi connectivity index (χ4v) is 2.85. The summed E-state index contributed by atoms with van der Waals surface area (Å²) >= 11 is 0. The predicted molar refractivity (Wildman–Crippen MR) is 99.4 cm³/mol. The van der Waals surface area contributed by atoms with Crippen molar-refractivity contribution in [3.8, 4) is 17.0 Å². The summed E-state index contributed by atoms with van der Waals surface area (Å²) in [6.45, 7) is 6.47. The van der Waals surface area contributed by atoms with E-state index in [0.717, 1.165) is 5.56 Å². The van der Waals surface area contributed by atoms with E-state index in [2.05, 4.69) is 37.9 Å². The second kappa shape index (κ2) is 6.20. The zero-order valence-corrected chi connectivity index (χ0v) is 14.8. The molecule has 0 spiro atoms. The fraction of sp³-hybridized carbons (Fsp3) is 0.238. The molecule has 0 aliphatic heterocycles. The van der Waals surface area contributed by atoms with E-state index in [-0.39, 0.29) is 11.0 Å². The Morgan fingerprint density at radius 1 is 1.08 bits per heavy atom. The van der Waals surface area contributed by atoms with Crippen molar-refractivity contribution in [2.45, 2.75) is 26.2 Å². The molecule has 2 aromatic carbocycles. The van der Waals surface area contributed by atoms with Gasteiger partial charge in [-0.15, -0.1) is 0 Å². The maximum absolute atomic E-state index is 11.7. The lowest BCUT2D eigenvalue weighted by molar-refractivity contribution is 0.0699. The van der Waals surface area contributed by atoms with Gasteiger partial charge in [0.15, 0.2) is 0 Å². The molecule has 0 atom stereocenters. The van der Waals surface area contributed by atoms with Gasteiger partial charge in [-0.1, -0.05) is 57.2 Å². The molecule has 0 saturated carbocycles. The minimum atomic E-state index is -0.979. The predicted octanol–water partition coefficient (Wildman–Crippen LogP) is 4.91. The Bertz CT molecular complexity index is 938. The van der Waals surface area contributed by atoms with E-state index in [0.29, 0.717) is 22.3 Å². The first-order valence-corrected chi connectivity index (χ1v) is 8.13. The molecule has 3 rings (SSSR count). The molecule has 0 unspecified atom stereocenters. The Morgan fingerprint density at radius 2 is 1.76 bits per heavy atom. The summed E-state index contributed by atoms with van der Waals surface area (Å²) in [6, 6.07) is 15.0. The maximum atomic E-state index is 11.7. The summed E-state index contributed by atoms with van der Waals surface area (Å²) in [5.41, 5.74) is 3.55. The number of aromatic carboxylic acids is 1. The largest absolute Gasteiger partial charge is 0.494 e. The molecule has 0 saturated heterocycles. The summed E-state index contributed by atoms with van der Waals surface area (Å²) < 4.78 is 5.36. The van der Waals surface area contributed by atoms with Crippen molar-refractivity contribution in [2.24, 2.45) is 0 Å². The fourth-order valence-electron chi connectivity index (χ4n) is 2.85. The van der Waals surface area contributed by atoms with Gasteiger partial charge in [0.05, 0.1) is 18.4 Å². The minimum absolute atomic E-state index is 0.0603. The zero-order valence-electron chi connectivity index (χ0n) is 14.8. The van der Waals surface area contributed by atoms with E-state index in [9.17, 15) is 9.90 Å². The smallest absolute Gasteiger partial charge is 0.336 e. The molecule has 0 fully saturated rings. The molecule has 4 nitrogen and oxygen atoms in total. The normalized spacial score (nSPS) is 11.5. The highest BCUT2D eigenvalue weighted by atomic mass is 16.5. The monoisotopic (exact) mass is 335 g/mol. The van der Waals surface area contributed by atoms with Crippen molar-refractivity contribution in [1.29, 1.82) is 0 Å². The van der Waals surface area contributed by atoms with Crippen molar-refractivity contribution in [3.05, 3.63) is 59.7 Å². The molecule has 1 heterocycles. The van der Waals surface area contributed by atoms with E-state index < -0.39 is 5.97 Å². The van der Waals surface area contributed by atoms with Crippen molar-refractivity contribution in [3.63, 3.8) is 0 Å². The van der Waals surface area contributed by atoms with Crippen molar-refractivity contribution < 1.29 is 14.6 Å². The minimum Gasteiger partial charge on any atom is -0.494 e. The number of ether oxygens (including phenoxy) is 1. The van der Waals surface area contributed by atoms with Gasteiger partial charge in [0.1, 0.15) is 11.3 Å². The number of carbonyl (C=O) groups is 1.